The molecule has 1 aromatic carbocycles. The number of likely N-dealkylation sites (N-methyl/N-ethyl adjacent to an activating group) is 1. The van der Waals surface area contributed by atoms with Gasteiger partial charge in [0.15, 0.2) is 0 Å². The summed E-state index contributed by atoms with van der Waals surface area (Å²) in [5.74, 6) is 3.35. The highest BCUT2D eigenvalue weighted by molar-refractivity contribution is 5.47. The van der Waals surface area contributed by atoms with Gasteiger partial charge in [0.2, 0.25) is 0 Å². The van der Waals surface area contributed by atoms with E-state index in [0.717, 1.165) is 49.3 Å². The van der Waals surface area contributed by atoms with Crippen molar-refractivity contribution in [2.45, 2.75) is 13.3 Å². The molecule has 0 bridgehead atoms. The Morgan fingerprint density at radius 3 is 2.21 bits per heavy atom. The number of aromatic nitrogens is 2. The second-order valence-electron chi connectivity index (χ2n) is 5.94. The second-order valence-corrected chi connectivity index (χ2v) is 5.94. The van der Waals surface area contributed by atoms with Gasteiger partial charge in [0.1, 0.15) is 23.2 Å². The molecule has 0 aliphatic carbocycles. The van der Waals surface area contributed by atoms with Crippen LogP contribution < -0.4 is 15.4 Å². The van der Waals surface area contributed by atoms with E-state index >= 15 is 0 Å². The van der Waals surface area contributed by atoms with Crippen LogP contribution in [0.25, 0.3) is 0 Å². The van der Waals surface area contributed by atoms with Gasteiger partial charge in [0, 0.05) is 25.7 Å². The zero-order valence-corrected chi connectivity index (χ0v) is 15.0. The summed E-state index contributed by atoms with van der Waals surface area (Å²) in [6.45, 7) is 4.55. The van der Waals surface area contributed by atoms with E-state index in [1.807, 2.05) is 25.1 Å². The molecular weight excluding hydrogens is 302 g/mol. The third-order valence-electron chi connectivity index (χ3n) is 3.58. The van der Waals surface area contributed by atoms with Crippen molar-refractivity contribution in [3.8, 4) is 5.75 Å². The van der Waals surface area contributed by atoms with Crippen LogP contribution in [0.4, 0.5) is 11.6 Å². The number of benzene rings is 1. The normalized spacial score (nSPS) is 10.7. The first-order chi connectivity index (χ1) is 11.6. The lowest BCUT2D eigenvalue weighted by atomic mass is 10.1. The number of methoxy groups -OCH3 is 1. The van der Waals surface area contributed by atoms with Crippen LogP contribution in [-0.2, 0) is 6.42 Å². The molecule has 1 heterocycles. The molecule has 0 aliphatic rings. The Kier molecular flexibility index (Phi) is 6.81. The molecule has 0 amide bonds. The minimum Gasteiger partial charge on any atom is -0.497 e. The predicted molar refractivity (Wildman–Crippen MR) is 99.0 cm³/mol. The number of rotatable bonds is 9. The third-order valence-corrected chi connectivity index (χ3v) is 3.58. The van der Waals surface area contributed by atoms with E-state index in [4.69, 9.17) is 4.74 Å². The maximum Gasteiger partial charge on any atom is 0.131 e. The Labute approximate surface area is 144 Å². The summed E-state index contributed by atoms with van der Waals surface area (Å²) < 4.78 is 5.17. The van der Waals surface area contributed by atoms with E-state index in [9.17, 15) is 0 Å². The molecule has 0 fully saturated rings. The summed E-state index contributed by atoms with van der Waals surface area (Å²) in [4.78, 5) is 11.0. The Morgan fingerprint density at radius 2 is 1.62 bits per heavy atom. The molecule has 2 aromatic rings. The largest absolute Gasteiger partial charge is 0.497 e. The molecule has 0 unspecified atom stereocenters. The van der Waals surface area contributed by atoms with Crippen molar-refractivity contribution >= 4 is 11.6 Å². The van der Waals surface area contributed by atoms with Gasteiger partial charge in [-0.05, 0) is 45.1 Å². The number of nitrogens with zero attached hydrogens (tertiary/aromatic N) is 3. The molecule has 6 nitrogen and oxygen atoms in total. The lowest BCUT2D eigenvalue weighted by molar-refractivity contribution is 0.414. The van der Waals surface area contributed by atoms with Crippen LogP contribution in [0.3, 0.4) is 0 Å². The predicted octanol–water partition coefficient (Wildman–Crippen LogP) is 2.42. The van der Waals surface area contributed by atoms with E-state index in [1.54, 1.807) is 7.11 Å². The maximum atomic E-state index is 5.17. The fourth-order valence-electron chi connectivity index (χ4n) is 2.28. The van der Waals surface area contributed by atoms with Crippen molar-refractivity contribution in [2.24, 2.45) is 0 Å². The minimum absolute atomic E-state index is 0.761. The van der Waals surface area contributed by atoms with Gasteiger partial charge >= 0.3 is 0 Å². The fourth-order valence-corrected chi connectivity index (χ4v) is 2.28. The molecule has 0 atom stereocenters. The third kappa shape index (κ3) is 6.04. The quantitative estimate of drug-likeness (QED) is 0.737. The number of hydrogen-bond donors (Lipinski definition) is 2. The monoisotopic (exact) mass is 329 g/mol. The Hall–Kier alpha value is -2.34. The molecule has 2 rings (SSSR count). The van der Waals surface area contributed by atoms with Crippen LogP contribution in [0.5, 0.6) is 5.75 Å². The number of aryl methyl sites for hydroxylation is 1. The van der Waals surface area contributed by atoms with E-state index < -0.39 is 0 Å². The van der Waals surface area contributed by atoms with Crippen LogP contribution in [0.2, 0.25) is 0 Å². The molecule has 2 N–H and O–H groups in total. The highest BCUT2D eigenvalue weighted by Gasteiger charge is 2.02. The van der Waals surface area contributed by atoms with Gasteiger partial charge in [-0.2, -0.15) is 0 Å². The Balaban J connectivity index is 1.85. The Bertz CT molecular complexity index is 628. The summed E-state index contributed by atoms with van der Waals surface area (Å²) in [5.41, 5.74) is 1.26. The summed E-state index contributed by atoms with van der Waals surface area (Å²) in [6, 6.07) is 10.1. The molecule has 0 saturated carbocycles. The van der Waals surface area contributed by atoms with Crippen LogP contribution in [0.15, 0.2) is 30.3 Å². The number of anilines is 2. The first kappa shape index (κ1) is 18.0. The highest BCUT2D eigenvalue weighted by Crippen LogP contribution is 2.13. The number of nitrogens with one attached hydrogen (secondary N) is 2. The molecule has 1 aromatic heterocycles. The van der Waals surface area contributed by atoms with Crippen molar-refractivity contribution in [1.82, 2.24) is 14.9 Å². The Morgan fingerprint density at radius 1 is 1.00 bits per heavy atom. The standard InChI is InChI=1S/C18H27N5O/c1-14-21-17(13-18(22-14)20-11-12-23(2)3)19-10-9-15-5-7-16(24-4)8-6-15/h5-8,13H,9-12H2,1-4H3,(H2,19,20,21,22). The summed E-state index contributed by atoms with van der Waals surface area (Å²) in [6.07, 6.45) is 0.927. The molecule has 130 valence electrons. The van der Waals surface area contributed by atoms with E-state index in [0.29, 0.717) is 0 Å². The lowest BCUT2D eigenvalue weighted by Crippen LogP contribution is -2.21. The fraction of sp³-hybridized carbons (Fsp3) is 0.444. The summed E-state index contributed by atoms with van der Waals surface area (Å²) in [7, 11) is 5.79. The second kappa shape index (κ2) is 9.08. The van der Waals surface area contributed by atoms with Crippen LogP contribution in [0.1, 0.15) is 11.4 Å². The van der Waals surface area contributed by atoms with Crippen molar-refractivity contribution in [3.63, 3.8) is 0 Å². The smallest absolute Gasteiger partial charge is 0.131 e. The van der Waals surface area contributed by atoms with Gasteiger partial charge in [-0.25, -0.2) is 9.97 Å². The molecule has 0 radical (unpaired) electrons. The molecule has 0 spiro atoms. The number of hydrogen-bond acceptors (Lipinski definition) is 6. The SMILES string of the molecule is COc1ccc(CCNc2cc(NCCN(C)C)nc(C)n2)cc1. The summed E-state index contributed by atoms with van der Waals surface area (Å²) >= 11 is 0. The van der Waals surface area contributed by atoms with Gasteiger partial charge < -0.3 is 20.3 Å². The van der Waals surface area contributed by atoms with Gasteiger partial charge in [-0.15, -0.1) is 0 Å². The van der Waals surface area contributed by atoms with Crippen LogP contribution in [0, 0.1) is 6.92 Å². The zero-order chi connectivity index (χ0) is 17.4. The lowest BCUT2D eigenvalue weighted by Gasteiger charge is -2.12. The van der Waals surface area contributed by atoms with E-state index in [1.165, 1.54) is 5.56 Å². The average Bonchev–Trinajstić information content (AvgIpc) is 2.55. The highest BCUT2D eigenvalue weighted by atomic mass is 16.5. The van der Waals surface area contributed by atoms with E-state index in [2.05, 4.69) is 51.7 Å². The zero-order valence-electron chi connectivity index (χ0n) is 15.0. The number of ether oxygens (including phenoxy) is 1. The van der Waals surface area contributed by atoms with Crippen molar-refractivity contribution in [2.75, 3.05) is 51.5 Å². The summed E-state index contributed by atoms with van der Waals surface area (Å²) in [5, 5.41) is 6.70. The molecule has 0 aliphatic heterocycles. The topological polar surface area (TPSA) is 62.3 Å². The molecule has 0 saturated heterocycles. The molecular formula is C18H27N5O. The van der Waals surface area contributed by atoms with E-state index in [-0.39, 0.29) is 0 Å². The van der Waals surface area contributed by atoms with Crippen molar-refractivity contribution < 1.29 is 4.74 Å². The average molecular weight is 329 g/mol. The first-order valence-corrected chi connectivity index (χ1v) is 8.18. The molecule has 6 heteroatoms. The minimum atomic E-state index is 0.761. The van der Waals surface area contributed by atoms with Crippen molar-refractivity contribution in [3.05, 3.63) is 41.7 Å². The van der Waals surface area contributed by atoms with Gasteiger partial charge in [-0.3, -0.25) is 0 Å². The van der Waals surface area contributed by atoms with Crippen LogP contribution in [-0.4, -0.2) is 55.7 Å². The van der Waals surface area contributed by atoms with Gasteiger partial charge in [0.25, 0.3) is 0 Å². The van der Waals surface area contributed by atoms with Crippen LogP contribution >= 0.6 is 0 Å². The molecule has 24 heavy (non-hydrogen) atoms. The van der Waals surface area contributed by atoms with Gasteiger partial charge in [-0.1, -0.05) is 12.1 Å². The maximum absolute atomic E-state index is 5.17. The van der Waals surface area contributed by atoms with Gasteiger partial charge in [0.05, 0.1) is 7.11 Å². The van der Waals surface area contributed by atoms with Crippen molar-refractivity contribution in [1.29, 1.82) is 0 Å². The first-order valence-electron chi connectivity index (χ1n) is 8.18.